The van der Waals surface area contributed by atoms with Crippen LogP contribution < -0.4 is 5.73 Å². The Morgan fingerprint density at radius 2 is 2.06 bits per heavy atom. The Balaban J connectivity index is 3.09. The summed E-state index contributed by atoms with van der Waals surface area (Å²) in [5.41, 5.74) is 4.24. The molecule has 7 heteroatoms. The van der Waals surface area contributed by atoms with Crippen LogP contribution in [0.4, 0.5) is 13.2 Å². The molecule has 0 saturated carbocycles. The molecule has 0 spiro atoms. The van der Waals surface area contributed by atoms with Crippen LogP contribution in [0.3, 0.4) is 0 Å². The molecule has 86 valence electrons. The third-order valence-corrected chi connectivity index (χ3v) is 1.61. The Labute approximate surface area is 89.5 Å². The van der Waals surface area contributed by atoms with Crippen molar-refractivity contribution in [2.45, 2.75) is 13.1 Å². The summed E-state index contributed by atoms with van der Waals surface area (Å²) in [5.74, 6) is 0. The summed E-state index contributed by atoms with van der Waals surface area (Å²) in [4.78, 5) is 6.66. The quantitative estimate of drug-likeness (QED) is 0.759. The first-order chi connectivity index (χ1) is 7.30. The van der Waals surface area contributed by atoms with E-state index in [2.05, 4.69) is 9.97 Å². The van der Waals surface area contributed by atoms with Gasteiger partial charge in [-0.25, -0.2) is 9.97 Å². The van der Waals surface area contributed by atoms with Gasteiger partial charge in [0.05, 0.1) is 11.4 Å². The van der Waals surface area contributed by atoms with E-state index in [1.165, 1.54) is 13.0 Å². The topological polar surface area (TPSA) is 75.7 Å². The van der Waals surface area contributed by atoms with Gasteiger partial charge in [0.25, 0.3) is 0 Å². The number of alkyl halides is 3. The van der Waals surface area contributed by atoms with Crippen LogP contribution in [-0.4, -0.2) is 15.7 Å². The molecule has 0 bridgehead atoms. The Bertz CT molecular complexity index is 433. The van der Waals surface area contributed by atoms with Gasteiger partial charge in [-0.05, 0) is 19.1 Å². The number of halogens is 3. The van der Waals surface area contributed by atoms with Crippen molar-refractivity contribution in [2.75, 3.05) is 0 Å². The first-order valence-corrected chi connectivity index (χ1v) is 4.22. The Morgan fingerprint density at radius 3 is 2.56 bits per heavy atom. The molecule has 16 heavy (non-hydrogen) atoms. The second-order valence-electron chi connectivity index (χ2n) is 3.09. The fourth-order valence-electron chi connectivity index (χ4n) is 0.961. The van der Waals surface area contributed by atoms with E-state index in [0.717, 1.165) is 6.33 Å². The van der Waals surface area contributed by atoms with Gasteiger partial charge in [0.2, 0.25) is 0 Å². The van der Waals surface area contributed by atoms with Crippen LogP contribution in [0, 0.1) is 5.41 Å². The molecule has 0 aromatic carbocycles. The zero-order valence-electron chi connectivity index (χ0n) is 8.34. The van der Waals surface area contributed by atoms with Gasteiger partial charge in [0, 0.05) is 5.70 Å². The summed E-state index contributed by atoms with van der Waals surface area (Å²) in [7, 11) is 0. The standard InChI is InChI=1S/C9H9F3N4/c1-5(13)2-6(14)7-3-8(9(10,11)12)16-4-15-7/h2-4,14H,13H2,1H3. The summed E-state index contributed by atoms with van der Waals surface area (Å²) < 4.78 is 36.9. The lowest BCUT2D eigenvalue weighted by Crippen LogP contribution is -2.11. The fraction of sp³-hybridized carbons (Fsp3) is 0.222. The van der Waals surface area contributed by atoms with Gasteiger partial charge in [-0.2, -0.15) is 13.2 Å². The van der Waals surface area contributed by atoms with Gasteiger partial charge in [-0.3, -0.25) is 5.41 Å². The zero-order valence-corrected chi connectivity index (χ0v) is 8.34. The van der Waals surface area contributed by atoms with Crippen LogP contribution in [0.25, 0.3) is 0 Å². The molecule has 0 aliphatic rings. The first kappa shape index (κ1) is 12.2. The van der Waals surface area contributed by atoms with Crippen molar-refractivity contribution in [1.29, 1.82) is 5.41 Å². The lowest BCUT2D eigenvalue weighted by atomic mass is 10.2. The van der Waals surface area contributed by atoms with E-state index < -0.39 is 11.9 Å². The van der Waals surface area contributed by atoms with E-state index >= 15 is 0 Å². The number of hydrogen-bond acceptors (Lipinski definition) is 4. The molecule has 0 atom stereocenters. The van der Waals surface area contributed by atoms with Gasteiger partial charge >= 0.3 is 6.18 Å². The number of rotatable bonds is 2. The van der Waals surface area contributed by atoms with E-state index in [4.69, 9.17) is 11.1 Å². The predicted octanol–water partition coefficient (Wildman–Crippen LogP) is 1.73. The molecule has 1 aromatic heterocycles. The summed E-state index contributed by atoms with van der Waals surface area (Å²) in [6.45, 7) is 1.53. The first-order valence-electron chi connectivity index (χ1n) is 4.22. The largest absolute Gasteiger partial charge is 0.433 e. The van der Waals surface area contributed by atoms with Crippen molar-refractivity contribution in [3.8, 4) is 0 Å². The molecule has 1 heterocycles. The minimum absolute atomic E-state index is 0.118. The minimum atomic E-state index is -4.54. The second-order valence-corrected chi connectivity index (χ2v) is 3.09. The molecule has 3 N–H and O–H groups in total. The monoisotopic (exact) mass is 230 g/mol. The summed E-state index contributed by atoms with van der Waals surface area (Å²) in [6, 6.07) is 0.710. The molecule has 0 saturated heterocycles. The molecule has 0 fully saturated rings. The van der Waals surface area contributed by atoms with Crippen molar-refractivity contribution >= 4 is 5.71 Å². The summed E-state index contributed by atoms with van der Waals surface area (Å²) in [6.07, 6.45) is -2.55. The van der Waals surface area contributed by atoms with Gasteiger partial charge in [0.15, 0.2) is 0 Å². The highest BCUT2D eigenvalue weighted by Gasteiger charge is 2.32. The van der Waals surface area contributed by atoms with E-state index in [1.54, 1.807) is 0 Å². The van der Waals surface area contributed by atoms with Gasteiger partial charge in [0.1, 0.15) is 12.0 Å². The number of hydrogen-bond donors (Lipinski definition) is 2. The third-order valence-electron chi connectivity index (χ3n) is 1.61. The van der Waals surface area contributed by atoms with Crippen LogP contribution in [0.15, 0.2) is 24.2 Å². The average molecular weight is 230 g/mol. The maximum absolute atomic E-state index is 12.3. The van der Waals surface area contributed by atoms with Crippen LogP contribution in [0.2, 0.25) is 0 Å². The molecule has 0 aliphatic heterocycles. The van der Waals surface area contributed by atoms with Gasteiger partial charge in [-0.1, -0.05) is 0 Å². The number of aromatic nitrogens is 2. The lowest BCUT2D eigenvalue weighted by molar-refractivity contribution is -0.141. The third kappa shape index (κ3) is 3.04. The smallest absolute Gasteiger partial charge is 0.402 e. The normalized spacial score (nSPS) is 12.6. The lowest BCUT2D eigenvalue weighted by Gasteiger charge is -2.06. The van der Waals surface area contributed by atoms with E-state index in [1.807, 2.05) is 0 Å². The highest BCUT2D eigenvalue weighted by Crippen LogP contribution is 2.27. The maximum atomic E-state index is 12.3. The predicted molar refractivity (Wildman–Crippen MR) is 51.8 cm³/mol. The van der Waals surface area contributed by atoms with Crippen molar-refractivity contribution in [2.24, 2.45) is 5.73 Å². The van der Waals surface area contributed by atoms with Crippen LogP contribution in [-0.2, 0) is 6.18 Å². The number of nitrogens with two attached hydrogens (primary N) is 1. The number of allylic oxidation sites excluding steroid dienone is 2. The van der Waals surface area contributed by atoms with E-state index in [-0.39, 0.29) is 11.4 Å². The zero-order chi connectivity index (χ0) is 12.3. The molecular weight excluding hydrogens is 221 g/mol. The van der Waals surface area contributed by atoms with E-state index in [0.29, 0.717) is 11.8 Å². The highest BCUT2D eigenvalue weighted by molar-refractivity contribution is 6.05. The van der Waals surface area contributed by atoms with Gasteiger partial charge in [-0.15, -0.1) is 0 Å². The minimum Gasteiger partial charge on any atom is -0.402 e. The van der Waals surface area contributed by atoms with Gasteiger partial charge < -0.3 is 5.73 Å². The Morgan fingerprint density at radius 1 is 1.44 bits per heavy atom. The van der Waals surface area contributed by atoms with Crippen molar-refractivity contribution in [1.82, 2.24) is 9.97 Å². The Hall–Kier alpha value is -1.92. The average Bonchev–Trinajstić information content (AvgIpc) is 2.15. The molecule has 0 amide bonds. The Kier molecular flexibility index (Phi) is 3.26. The van der Waals surface area contributed by atoms with Crippen LogP contribution in [0.5, 0.6) is 0 Å². The molecule has 0 aliphatic carbocycles. The van der Waals surface area contributed by atoms with Crippen LogP contribution in [0.1, 0.15) is 18.3 Å². The maximum Gasteiger partial charge on any atom is 0.433 e. The molecule has 1 aromatic rings. The van der Waals surface area contributed by atoms with Crippen molar-refractivity contribution in [3.05, 3.63) is 35.6 Å². The second kappa shape index (κ2) is 4.30. The summed E-state index contributed by atoms with van der Waals surface area (Å²) in [5, 5.41) is 7.45. The van der Waals surface area contributed by atoms with E-state index in [9.17, 15) is 13.2 Å². The summed E-state index contributed by atoms with van der Waals surface area (Å²) >= 11 is 0. The number of nitrogens with zero attached hydrogens (tertiary/aromatic N) is 2. The molecule has 1 rings (SSSR count). The molecule has 0 unspecified atom stereocenters. The molecular formula is C9H9F3N4. The fourth-order valence-corrected chi connectivity index (χ4v) is 0.961. The SMILES string of the molecule is CC(N)=CC(=N)c1cc(C(F)(F)F)ncn1. The molecule has 0 radical (unpaired) electrons. The highest BCUT2D eigenvalue weighted by atomic mass is 19.4. The number of nitrogens with one attached hydrogen (secondary N) is 1. The van der Waals surface area contributed by atoms with Crippen LogP contribution >= 0.6 is 0 Å². The van der Waals surface area contributed by atoms with Crippen molar-refractivity contribution in [3.63, 3.8) is 0 Å². The molecule has 4 nitrogen and oxygen atoms in total. The van der Waals surface area contributed by atoms with Crippen molar-refractivity contribution < 1.29 is 13.2 Å².